The molecule has 1 N–H and O–H groups in total. The molecule has 8 heteroatoms. The number of rotatable bonds is 6. The van der Waals surface area contributed by atoms with Gasteiger partial charge in [-0.25, -0.2) is 9.37 Å². The molecule has 0 aliphatic rings. The van der Waals surface area contributed by atoms with Crippen molar-refractivity contribution in [3.05, 3.63) is 46.4 Å². The first-order chi connectivity index (χ1) is 10.1. The molecule has 110 valence electrons. The van der Waals surface area contributed by atoms with Gasteiger partial charge in [0, 0.05) is 11.4 Å². The summed E-state index contributed by atoms with van der Waals surface area (Å²) in [6, 6.07) is 5.82. The first kappa shape index (κ1) is 15.2. The molecule has 2 rings (SSSR count). The molecule has 6 nitrogen and oxygen atoms in total. The van der Waals surface area contributed by atoms with Gasteiger partial charge < -0.3 is 5.32 Å². The van der Waals surface area contributed by atoms with Gasteiger partial charge in [-0.05, 0) is 24.6 Å². The molecule has 0 saturated carbocycles. The molecular formula is C13H13FN4O2S. The summed E-state index contributed by atoms with van der Waals surface area (Å²) in [6.45, 7) is 2.66. The van der Waals surface area contributed by atoms with Crippen molar-refractivity contribution in [2.45, 2.75) is 23.3 Å². The summed E-state index contributed by atoms with van der Waals surface area (Å²) in [7, 11) is 0. The van der Waals surface area contributed by atoms with E-state index in [2.05, 4.69) is 15.3 Å². The zero-order chi connectivity index (χ0) is 15.2. The summed E-state index contributed by atoms with van der Waals surface area (Å²) in [5, 5.41) is 14.2. The highest BCUT2D eigenvalue weighted by atomic mass is 32.2. The second kappa shape index (κ2) is 6.98. The van der Waals surface area contributed by atoms with Crippen LogP contribution in [0.5, 0.6) is 0 Å². The minimum atomic E-state index is -0.550. The lowest BCUT2D eigenvalue weighted by Gasteiger charge is -2.06. The van der Waals surface area contributed by atoms with E-state index in [1.54, 1.807) is 12.1 Å². The van der Waals surface area contributed by atoms with Crippen LogP contribution in [0.15, 0.2) is 40.4 Å². The van der Waals surface area contributed by atoms with Crippen LogP contribution in [0.4, 0.5) is 16.0 Å². The normalized spacial score (nSPS) is 10.4. The topological polar surface area (TPSA) is 81.0 Å². The highest BCUT2D eigenvalue weighted by Crippen LogP contribution is 2.33. The van der Waals surface area contributed by atoms with Crippen LogP contribution in [-0.4, -0.2) is 21.4 Å². The van der Waals surface area contributed by atoms with Crippen LogP contribution in [0, 0.1) is 15.9 Å². The van der Waals surface area contributed by atoms with Gasteiger partial charge in [0.25, 0.3) is 0 Å². The predicted octanol–water partition coefficient (Wildman–Crippen LogP) is 3.50. The van der Waals surface area contributed by atoms with Crippen molar-refractivity contribution in [2.75, 3.05) is 11.9 Å². The average molecular weight is 308 g/mol. The lowest BCUT2D eigenvalue weighted by Crippen LogP contribution is -2.06. The Morgan fingerprint density at radius 1 is 1.48 bits per heavy atom. The molecule has 0 saturated heterocycles. The smallest absolute Gasteiger partial charge is 0.320 e. The fraction of sp³-hybridized carbons (Fsp3) is 0.231. The van der Waals surface area contributed by atoms with Crippen molar-refractivity contribution in [1.82, 2.24) is 9.97 Å². The maximum absolute atomic E-state index is 13.2. The van der Waals surface area contributed by atoms with Crippen molar-refractivity contribution >= 4 is 23.4 Å². The highest BCUT2D eigenvalue weighted by Gasteiger charge is 2.18. The second-order valence-electron chi connectivity index (χ2n) is 4.13. The molecule has 1 aromatic carbocycles. The minimum absolute atomic E-state index is 0.180. The number of halogens is 1. The predicted molar refractivity (Wildman–Crippen MR) is 78.0 cm³/mol. The van der Waals surface area contributed by atoms with Gasteiger partial charge in [0.2, 0.25) is 5.95 Å². The van der Waals surface area contributed by atoms with E-state index in [9.17, 15) is 14.5 Å². The number of hydrogen-bond donors (Lipinski definition) is 1. The fourth-order valence-corrected chi connectivity index (χ4v) is 2.43. The lowest BCUT2D eigenvalue weighted by molar-refractivity contribution is -0.388. The molecule has 0 atom stereocenters. The van der Waals surface area contributed by atoms with E-state index >= 15 is 0 Å². The van der Waals surface area contributed by atoms with Crippen molar-refractivity contribution in [3.8, 4) is 0 Å². The van der Waals surface area contributed by atoms with Gasteiger partial charge in [0.1, 0.15) is 12.0 Å². The Bertz CT molecular complexity index is 654. The molecule has 0 bridgehead atoms. The molecule has 0 fully saturated rings. The Balaban J connectivity index is 2.31. The molecule has 0 aliphatic carbocycles. The summed E-state index contributed by atoms with van der Waals surface area (Å²) >= 11 is 1.03. The Morgan fingerprint density at radius 2 is 2.29 bits per heavy atom. The van der Waals surface area contributed by atoms with Gasteiger partial charge in [-0.3, -0.25) is 10.1 Å². The van der Waals surface area contributed by atoms with E-state index in [0.29, 0.717) is 17.4 Å². The van der Waals surface area contributed by atoms with Gasteiger partial charge in [-0.1, -0.05) is 24.8 Å². The van der Waals surface area contributed by atoms with Crippen LogP contribution in [-0.2, 0) is 0 Å². The SMILES string of the molecule is CCCNc1ncc([N+](=O)[O-])c(Sc2cccc(F)c2)n1. The quantitative estimate of drug-likeness (QED) is 0.500. The third-order valence-corrected chi connectivity index (χ3v) is 3.46. The molecule has 1 aromatic heterocycles. The van der Waals surface area contributed by atoms with Crippen LogP contribution < -0.4 is 5.32 Å². The summed E-state index contributed by atoms with van der Waals surface area (Å²) < 4.78 is 13.2. The van der Waals surface area contributed by atoms with E-state index in [4.69, 9.17) is 0 Å². The van der Waals surface area contributed by atoms with Crippen molar-refractivity contribution < 1.29 is 9.31 Å². The molecule has 0 unspecified atom stereocenters. The number of benzene rings is 1. The molecule has 1 heterocycles. The first-order valence-electron chi connectivity index (χ1n) is 6.29. The summed E-state index contributed by atoms with van der Waals surface area (Å²) in [6.07, 6.45) is 2.04. The molecule has 0 aliphatic heterocycles. The second-order valence-corrected chi connectivity index (χ2v) is 5.19. The Kier molecular flexibility index (Phi) is 5.04. The largest absolute Gasteiger partial charge is 0.354 e. The van der Waals surface area contributed by atoms with Crippen molar-refractivity contribution in [2.24, 2.45) is 0 Å². The number of nitro groups is 1. The Hall–Kier alpha value is -2.22. The third kappa shape index (κ3) is 4.12. The number of nitrogens with zero attached hydrogens (tertiary/aromatic N) is 3. The van der Waals surface area contributed by atoms with Crippen LogP contribution in [0.3, 0.4) is 0 Å². The van der Waals surface area contributed by atoms with Crippen LogP contribution in [0.25, 0.3) is 0 Å². The maximum atomic E-state index is 13.2. The maximum Gasteiger partial charge on any atom is 0.320 e. The van der Waals surface area contributed by atoms with E-state index in [-0.39, 0.29) is 10.7 Å². The van der Waals surface area contributed by atoms with Crippen LogP contribution >= 0.6 is 11.8 Å². The van der Waals surface area contributed by atoms with Crippen LogP contribution in [0.2, 0.25) is 0 Å². The van der Waals surface area contributed by atoms with Crippen molar-refractivity contribution in [1.29, 1.82) is 0 Å². The lowest BCUT2D eigenvalue weighted by atomic mass is 10.4. The third-order valence-electron chi connectivity index (χ3n) is 2.48. The first-order valence-corrected chi connectivity index (χ1v) is 7.10. The number of hydrogen-bond acceptors (Lipinski definition) is 6. The molecule has 0 amide bonds. The van der Waals surface area contributed by atoms with Gasteiger partial charge in [0.05, 0.1) is 4.92 Å². The Morgan fingerprint density at radius 3 is 2.95 bits per heavy atom. The molecule has 0 spiro atoms. The summed E-state index contributed by atoms with van der Waals surface area (Å²) in [5.74, 6) is -0.0811. The van der Waals surface area contributed by atoms with Crippen LogP contribution in [0.1, 0.15) is 13.3 Å². The van der Waals surface area contributed by atoms with E-state index in [1.807, 2.05) is 6.92 Å². The van der Waals surface area contributed by atoms with E-state index in [0.717, 1.165) is 24.4 Å². The summed E-state index contributed by atoms with van der Waals surface area (Å²) in [5.41, 5.74) is -0.202. The fourth-order valence-electron chi connectivity index (χ4n) is 1.52. The zero-order valence-electron chi connectivity index (χ0n) is 11.2. The Labute approximate surface area is 125 Å². The number of aromatic nitrogens is 2. The highest BCUT2D eigenvalue weighted by molar-refractivity contribution is 7.99. The number of anilines is 1. The average Bonchev–Trinajstić information content (AvgIpc) is 2.45. The zero-order valence-corrected chi connectivity index (χ0v) is 12.1. The van der Waals surface area contributed by atoms with Gasteiger partial charge in [-0.15, -0.1) is 0 Å². The van der Waals surface area contributed by atoms with Crippen molar-refractivity contribution in [3.63, 3.8) is 0 Å². The van der Waals surface area contributed by atoms with Gasteiger partial charge >= 0.3 is 5.69 Å². The summed E-state index contributed by atoms with van der Waals surface area (Å²) in [4.78, 5) is 19.1. The molecule has 0 radical (unpaired) electrons. The van der Waals surface area contributed by atoms with E-state index in [1.165, 1.54) is 12.1 Å². The van der Waals surface area contributed by atoms with Gasteiger partial charge in [0.15, 0.2) is 5.03 Å². The van der Waals surface area contributed by atoms with Gasteiger partial charge in [-0.2, -0.15) is 4.98 Å². The monoisotopic (exact) mass is 308 g/mol. The minimum Gasteiger partial charge on any atom is -0.354 e. The molecule has 21 heavy (non-hydrogen) atoms. The number of nitrogens with one attached hydrogen (secondary N) is 1. The standard InChI is InChI=1S/C13H13FN4O2S/c1-2-6-15-13-16-8-11(18(19)20)12(17-13)21-10-5-3-4-9(14)7-10/h3-5,7-8H,2,6H2,1H3,(H,15,16,17). The molecular weight excluding hydrogens is 295 g/mol. The molecule has 2 aromatic rings. The van der Waals surface area contributed by atoms with E-state index < -0.39 is 10.7 Å².